The predicted octanol–water partition coefficient (Wildman–Crippen LogP) is 3.53. The summed E-state index contributed by atoms with van der Waals surface area (Å²) in [6.45, 7) is 2.94. The van der Waals surface area contributed by atoms with E-state index < -0.39 is 5.97 Å². The Hall–Kier alpha value is -3.16. The molecular weight excluding hydrogens is 430 g/mol. The first-order chi connectivity index (χ1) is 16.3. The van der Waals surface area contributed by atoms with E-state index in [9.17, 15) is 14.7 Å². The molecule has 3 aromatic heterocycles. The number of hydrogen-bond donors (Lipinski definition) is 2. The zero-order valence-electron chi connectivity index (χ0n) is 19.3. The number of nitrogens with zero attached hydrogens (tertiary/aromatic N) is 4. The fourth-order valence-electron chi connectivity index (χ4n) is 8.35. The Morgan fingerprint density at radius 3 is 2.91 bits per heavy atom. The number of pyridine rings is 1. The second kappa shape index (κ2) is 6.71. The minimum absolute atomic E-state index is 0.0167. The number of carboxylic acid groups (broad SMARTS) is 1. The molecule has 34 heavy (non-hydrogen) atoms. The molecule has 8 heteroatoms. The fourth-order valence-corrected chi connectivity index (χ4v) is 8.35. The number of aryl methyl sites for hydroxylation is 1. The number of carbonyl (C=O) groups is 2. The van der Waals surface area contributed by atoms with Crippen LogP contribution in [-0.2, 0) is 6.54 Å². The highest BCUT2D eigenvalue weighted by atomic mass is 16.4. The van der Waals surface area contributed by atoms with Gasteiger partial charge in [0.15, 0.2) is 5.69 Å². The van der Waals surface area contributed by atoms with Crippen molar-refractivity contribution >= 4 is 17.5 Å². The second-order valence-electron chi connectivity index (χ2n) is 11.4. The third-order valence-corrected chi connectivity index (χ3v) is 9.50. The molecule has 4 aliphatic carbocycles. The van der Waals surface area contributed by atoms with Crippen LogP contribution in [0.15, 0.2) is 30.5 Å². The van der Waals surface area contributed by atoms with Crippen molar-refractivity contribution in [1.82, 2.24) is 24.5 Å². The second-order valence-corrected chi connectivity index (χ2v) is 11.4. The molecule has 7 rings (SSSR count). The number of hydrogen-bond acceptors (Lipinski definition) is 4. The lowest BCUT2D eigenvalue weighted by Crippen LogP contribution is -2.43. The van der Waals surface area contributed by atoms with Gasteiger partial charge in [-0.15, -0.1) is 0 Å². The van der Waals surface area contributed by atoms with Crippen LogP contribution in [0.2, 0.25) is 0 Å². The number of carbonyl (C=O) groups excluding carboxylic acids is 1. The van der Waals surface area contributed by atoms with E-state index in [1.807, 2.05) is 35.7 Å². The molecule has 176 valence electrons. The minimum Gasteiger partial charge on any atom is -0.476 e. The van der Waals surface area contributed by atoms with Crippen LogP contribution in [0, 0.1) is 35.5 Å². The van der Waals surface area contributed by atoms with Crippen molar-refractivity contribution < 1.29 is 14.7 Å². The lowest BCUT2D eigenvalue weighted by Gasteiger charge is -2.49. The average molecular weight is 460 g/mol. The van der Waals surface area contributed by atoms with Crippen molar-refractivity contribution in [2.24, 2.45) is 28.6 Å². The number of imidazole rings is 1. The standard InChI is InChI=1S/C26H29N5O3/c1-15-5-20(24(33)34)29-31(15)12-19-11-30-21(3-2-4-22(30)28-19)23(32)27-14-25-8-16-6-17-7-18(10-25)26(17,9-16)13-25/h2-5,11,16-18H,6-10,12-14H2,1H3,(H,27,32)(H,33,34). The molecule has 4 aliphatic rings. The Labute approximate surface area is 197 Å². The lowest BCUT2D eigenvalue weighted by molar-refractivity contribution is -0.00254. The Kier molecular flexibility index (Phi) is 3.99. The SMILES string of the molecule is Cc1cc(C(=O)O)nn1Cc1cn2c(C(=O)NCC34CC5CC6CC(C3)C6(C5)C4)cccc2n1. The molecule has 0 aliphatic heterocycles. The van der Waals surface area contributed by atoms with Gasteiger partial charge in [0, 0.05) is 18.4 Å². The largest absolute Gasteiger partial charge is 0.476 e. The van der Waals surface area contributed by atoms with Gasteiger partial charge in [0.1, 0.15) is 11.3 Å². The van der Waals surface area contributed by atoms with E-state index in [1.165, 1.54) is 38.5 Å². The van der Waals surface area contributed by atoms with Crippen LogP contribution >= 0.6 is 0 Å². The van der Waals surface area contributed by atoms with Crippen LogP contribution in [-0.4, -0.2) is 42.7 Å². The molecule has 1 spiro atoms. The third-order valence-electron chi connectivity index (χ3n) is 9.50. The number of rotatable bonds is 6. The Morgan fingerprint density at radius 1 is 1.21 bits per heavy atom. The van der Waals surface area contributed by atoms with Crippen molar-refractivity contribution in [1.29, 1.82) is 0 Å². The first-order valence-corrected chi connectivity index (χ1v) is 12.4. The van der Waals surface area contributed by atoms with Gasteiger partial charge in [-0.05, 0) is 92.2 Å². The van der Waals surface area contributed by atoms with E-state index in [2.05, 4.69) is 15.4 Å². The van der Waals surface area contributed by atoms with E-state index in [0.29, 0.717) is 28.7 Å². The monoisotopic (exact) mass is 459 g/mol. The van der Waals surface area contributed by atoms with Gasteiger partial charge >= 0.3 is 5.97 Å². The molecule has 0 radical (unpaired) electrons. The van der Waals surface area contributed by atoms with E-state index >= 15 is 0 Å². The third kappa shape index (κ3) is 2.77. The van der Waals surface area contributed by atoms with Crippen LogP contribution in [0.1, 0.15) is 70.9 Å². The van der Waals surface area contributed by atoms with Crippen molar-refractivity contribution in [2.45, 2.75) is 52.0 Å². The van der Waals surface area contributed by atoms with E-state index in [0.717, 1.165) is 35.7 Å². The molecule has 2 N–H and O–H groups in total. The normalized spacial score (nSPS) is 32.7. The first-order valence-electron chi connectivity index (χ1n) is 12.4. The van der Waals surface area contributed by atoms with Crippen molar-refractivity contribution in [3.05, 3.63) is 53.2 Å². The van der Waals surface area contributed by atoms with Crippen LogP contribution < -0.4 is 5.32 Å². The van der Waals surface area contributed by atoms with E-state index in [4.69, 9.17) is 0 Å². The molecule has 5 unspecified atom stereocenters. The number of aromatic nitrogens is 4. The zero-order valence-corrected chi connectivity index (χ0v) is 19.3. The highest BCUT2D eigenvalue weighted by Gasteiger charge is 2.70. The molecule has 0 saturated heterocycles. The maximum atomic E-state index is 13.3. The number of nitrogens with one attached hydrogen (secondary N) is 1. The van der Waals surface area contributed by atoms with Gasteiger partial charge in [-0.1, -0.05) is 6.07 Å². The summed E-state index contributed by atoms with van der Waals surface area (Å²) in [4.78, 5) is 29.2. The van der Waals surface area contributed by atoms with Crippen molar-refractivity contribution in [3.8, 4) is 0 Å². The summed E-state index contributed by atoms with van der Waals surface area (Å²) in [7, 11) is 0. The topological polar surface area (TPSA) is 102 Å². The van der Waals surface area contributed by atoms with Gasteiger partial charge in [0.2, 0.25) is 0 Å². The maximum Gasteiger partial charge on any atom is 0.356 e. The summed E-state index contributed by atoms with van der Waals surface area (Å²) < 4.78 is 3.46. The number of carboxylic acids is 1. The Bertz CT molecular complexity index is 1350. The van der Waals surface area contributed by atoms with Crippen LogP contribution in [0.3, 0.4) is 0 Å². The molecule has 3 heterocycles. The average Bonchev–Trinajstić information content (AvgIpc) is 3.47. The highest BCUT2D eigenvalue weighted by Crippen LogP contribution is 2.78. The summed E-state index contributed by atoms with van der Waals surface area (Å²) in [5.41, 5.74) is 3.68. The molecule has 3 aromatic rings. The van der Waals surface area contributed by atoms with Gasteiger partial charge in [0.25, 0.3) is 5.91 Å². The molecule has 1 amide bonds. The zero-order chi connectivity index (χ0) is 23.2. The summed E-state index contributed by atoms with van der Waals surface area (Å²) in [6.07, 6.45) is 10.0. The van der Waals surface area contributed by atoms with E-state index in [1.54, 1.807) is 10.7 Å². The van der Waals surface area contributed by atoms with Gasteiger partial charge < -0.3 is 10.4 Å². The molecule has 5 atom stereocenters. The molecule has 0 aromatic carbocycles. The Morgan fingerprint density at radius 2 is 2.09 bits per heavy atom. The number of aromatic carboxylic acids is 1. The van der Waals surface area contributed by atoms with Crippen LogP contribution in [0.4, 0.5) is 0 Å². The summed E-state index contributed by atoms with van der Waals surface area (Å²) >= 11 is 0. The predicted molar refractivity (Wildman–Crippen MR) is 124 cm³/mol. The summed E-state index contributed by atoms with van der Waals surface area (Å²) in [6, 6.07) is 7.13. The van der Waals surface area contributed by atoms with Crippen LogP contribution in [0.25, 0.3) is 5.65 Å². The number of amides is 1. The quantitative estimate of drug-likeness (QED) is 0.587. The smallest absolute Gasteiger partial charge is 0.356 e. The van der Waals surface area contributed by atoms with Gasteiger partial charge in [0.05, 0.1) is 12.2 Å². The molecule has 4 saturated carbocycles. The van der Waals surface area contributed by atoms with E-state index in [-0.39, 0.29) is 11.6 Å². The van der Waals surface area contributed by atoms with Gasteiger partial charge in [-0.2, -0.15) is 5.10 Å². The van der Waals surface area contributed by atoms with Gasteiger partial charge in [-0.25, -0.2) is 9.78 Å². The number of fused-ring (bicyclic) bond motifs is 3. The molecular formula is C26H29N5O3. The minimum atomic E-state index is -1.05. The van der Waals surface area contributed by atoms with Gasteiger partial charge in [-0.3, -0.25) is 13.9 Å². The maximum absolute atomic E-state index is 13.3. The van der Waals surface area contributed by atoms with Crippen molar-refractivity contribution in [3.63, 3.8) is 0 Å². The lowest BCUT2D eigenvalue weighted by atomic mass is 9.55. The Balaban J connectivity index is 1.11. The molecule has 8 nitrogen and oxygen atoms in total. The fraction of sp³-hybridized carbons (Fsp3) is 0.538. The van der Waals surface area contributed by atoms with Crippen LogP contribution in [0.5, 0.6) is 0 Å². The molecule has 4 fully saturated rings. The van der Waals surface area contributed by atoms with Crippen molar-refractivity contribution in [2.75, 3.05) is 6.54 Å². The molecule has 3 bridgehead atoms. The summed E-state index contributed by atoms with van der Waals surface area (Å²) in [5.74, 6) is 1.63. The highest BCUT2D eigenvalue weighted by molar-refractivity contribution is 5.93. The first kappa shape index (κ1) is 20.2. The summed E-state index contributed by atoms with van der Waals surface area (Å²) in [5, 5.41) is 16.6.